The summed E-state index contributed by atoms with van der Waals surface area (Å²) in [5, 5.41) is 0. The van der Waals surface area contributed by atoms with Gasteiger partial charge in [0.1, 0.15) is 0 Å². The molecule has 0 saturated heterocycles. The van der Waals surface area contributed by atoms with E-state index in [9.17, 15) is 0 Å². The summed E-state index contributed by atoms with van der Waals surface area (Å²) in [6.45, 7) is 0. The predicted octanol–water partition coefficient (Wildman–Crippen LogP) is 4.58. The summed E-state index contributed by atoms with van der Waals surface area (Å²) in [5.74, 6) is 0. The van der Waals surface area contributed by atoms with Gasteiger partial charge in [0.15, 0.2) is 0 Å². The monoisotopic (exact) mass is 305 g/mol. The average Bonchev–Trinajstić information content (AvgIpc) is 2.86. The fourth-order valence-electron chi connectivity index (χ4n) is 2.27. The molecule has 3 heteroatoms. The van der Waals surface area contributed by atoms with E-state index in [1.165, 1.54) is 25.4 Å². The van der Waals surface area contributed by atoms with Crippen molar-refractivity contribution in [3.05, 3.63) is 50.1 Å². The van der Waals surface area contributed by atoms with Crippen LogP contribution < -0.4 is 5.73 Å². The molecule has 0 saturated carbocycles. The highest BCUT2D eigenvalue weighted by Crippen LogP contribution is 2.36. The number of thiophene rings is 1. The van der Waals surface area contributed by atoms with Crippen LogP contribution in [0.15, 0.2) is 34.1 Å². The lowest BCUT2D eigenvalue weighted by Crippen LogP contribution is -1.87. The molecule has 0 amide bonds. The van der Waals surface area contributed by atoms with Crippen LogP contribution in [0.5, 0.6) is 0 Å². The number of nitrogens with two attached hydrogens (primary N) is 1. The maximum absolute atomic E-state index is 5.81. The minimum atomic E-state index is 0.865. The first-order valence-corrected chi connectivity index (χ1v) is 7.18. The fourth-order valence-corrected chi connectivity index (χ4v) is 3.66. The number of hydrogen-bond donors (Lipinski definition) is 1. The van der Waals surface area contributed by atoms with Gasteiger partial charge < -0.3 is 5.73 Å². The Hall–Kier alpha value is -1.06. The molecule has 0 atom stereocenters. The number of benzene rings is 1. The van der Waals surface area contributed by atoms with E-state index in [1.807, 2.05) is 6.07 Å². The number of rotatable bonds is 1. The SMILES string of the molecule is Nc1ccc2c(c1)CCC2=Cc1ccc(Br)s1. The van der Waals surface area contributed by atoms with Gasteiger partial charge in [0.2, 0.25) is 0 Å². The number of halogens is 1. The van der Waals surface area contributed by atoms with Crippen LogP contribution >= 0.6 is 27.3 Å². The molecule has 0 unspecified atom stereocenters. The number of nitrogen functional groups attached to an aromatic ring is 1. The summed E-state index contributed by atoms with van der Waals surface area (Å²) in [4.78, 5) is 1.30. The Morgan fingerprint density at radius 2 is 2.06 bits per heavy atom. The Kier molecular flexibility index (Phi) is 2.81. The van der Waals surface area contributed by atoms with Crippen LogP contribution in [0.1, 0.15) is 22.4 Å². The van der Waals surface area contributed by atoms with Gasteiger partial charge >= 0.3 is 0 Å². The molecule has 0 fully saturated rings. The maximum Gasteiger partial charge on any atom is 0.0704 e. The number of aryl methyl sites for hydroxylation is 1. The number of hydrogen-bond acceptors (Lipinski definition) is 2. The largest absolute Gasteiger partial charge is 0.399 e. The van der Waals surface area contributed by atoms with Crippen molar-refractivity contribution >= 4 is 44.6 Å². The lowest BCUT2D eigenvalue weighted by Gasteiger charge is -2.01. The van der Waals surface area contributed by atoms with Crippen molar-refractivity contribution < 1.29 is 0 Å². The Bertz CT molecular complexity index is 598. The third-order valence-electron chi connectivity index (χ3n) is 3.05. The molecule has 1 heterocycles. The fraction of sp³-hybridized carbons (Fsp3) is 0.143. The van der Waals surface area contributed by atoms with Crippen molar-refractivity contribution in [2.24, 2.45) is 0 Å². The van der Waals surface area contributed by atoms with Gasteiger partial charge in [-0.05, 0) is 75.8 Å². The van der Waals surface area contributed by atoms with Gasteiger partial charge in [-0.1, -0.05) is 6.07 Å². The molecule has 1 aliphatic rings. The van der Waals surface area contributed by atoms with Crippen LogP contribution in [0, 0.1) is 0 Å². The molecule has 86 valence electrons. The van der Waals surface area contributed by atoms with E-state index in [0.29, 0.717) is 0 Å². The van der Waals surface area contributed by atoms with Crippen molar-refractivity contribution in [3.8, 4) is 0 Å². The minimum Gasteiger partial charge on any atom is -0.399 e. The zero-order chi connectivity index (χ0) is 11.8. The Morgan fingerprint density at radius 1 is 1.18 bits per heavy atom. The summed E-state index contributed by atoms with van der Waals surface area (Å²) in [6.07, 6.45) is 4.52. The normalized spacial score (nSPS) is 16.4. The lowest BCUT2D eigenvalue weighted by molar-refractivity contribution is 1.08. The average molecular weight is 306 g/mol. The van der Waals surface area contributed by atoms with Gasteiger partial charge in [-0.25, -0.2) is 0 Å². The van der Waals surface area contributed by atoms with Gasteiger partial charge in [0, 0.05) is 10.6 Å². The number of anilines is 1. The molecule has 0 bridgehead atoms. The first-order chi connectivity index (χ1) is 8.22. The van der Waals surface area contributed by atoms with Crippen molar-refractivity contribution in [1.29, 1.82) is 0 Å². The van der Waals surface area contributed by atoms with E-state index in [4.69, 9.17) is 5.73 Å². The van der Waals surface area contributed by atoms with E-state index >= 15 is 0 Å². The zero-order valence-electron chi connectivity index (χ0n) is 9.24. The van der Waals surface area contributed by atoms with E-state index in [-0.39, 0.29) is 0 Å². The highest BCUT2D eigenvalue weighted by molar-refractivity contribution is 9.11. The third kappa shape index (κ3) is 2.17. The van der Waals surface area contributed by atoms with Gasteiger partial charge in [-0.3, -0.25) is 0 Å². The summed E-state index contributed by atoms with van der Waals surface area (Å²) in [5.41, 5.74) is 10.8. The second kappa shape index (κ2) is 4.31. The zero-order valence-corrected chi connectivity index (χ0v) is 11.6. The highest BCUT2D eigenvalue weighted by atomic mass is 79.9. The standard InChI is InChI=1S/C14H12BrNS/c15-14-6-4-12(17-14)8-10-2-1-9-7-11(16)3-5-13(9)10/h3-8H,1-2,16H2. The van der Waals surface area contributed by atoms with Gasteiger partial charge in [0.25, 0.3) is 0 Å². The third-order valence-corrected chi connectivity index (χ3v) is 4.62. The summed E-state index contributed by atoms with van der Waals surface area (Å²) in [7, 11) is 0. The quantitative estimate of drug-likeness (QED) is 0.767. The van der Waals surface area contributed by atoms with Crippen LogP contribution in [-0.4, -0.2) is 0 Å². The second-order valence-corrected chi connectivity index (χ2v) is 6.72. The number of allylic oxidation sites excluding steroid dienone is 1. The highest BCUT2D eigenvalue weighted by Gasteiger charge is 2.16. The Morgan fingerprint density at radius 3 is 2.82 bits per heavy atom. The van der Waals surface area contributed by atoms with Gasteiger partial charge in [-0.2, -0.15) is 0 Å². The molecule has 0 radical (unpaired) electrons. The van der Waals surface area contributed by atoms with Crippen LogP contribution in [0.25, 0.3) is 11.6 Å². The number of fused-ring (bicyclic) bond motifs is 1. The van der Waals surface area contributed by atoms with E-state index < -0.39 is 0 Å². The molecule has 3 rings (SSSR count). The maximum atomic E-state index is 5.81. The topological polar surface area (TPSA) is 26.0 Å². The smallest absolute Gasteiger partial charge is 0.0704 e. The molecule has 1 nitrogen and oxygen atoms in total. The Balaban J connectivity index is 2.01. The van der Waals surface area contributed by atoms with Crippen LogP contribution in [0.3, 0.4) is 0 Å². The second-order valence-electron chi connectivity index (χ2n) is 4.23. The van der Waals surface area contributed by atoms with Gasteiger partial charge in [-0.15, -0.1) is 11.3 Å². The molecule has 2 aromatic rings. The molecule has 17 heavy (non-hydrogen) atoms. The molecule has 1 aliphatic carbocycles. The van der Waals surface area contributed by atoms with Crippen LogP contribution in [-0.2, 0) is 6.42 Å². The Labute approximate surface area is 113 Å². The molecule has 1 aromatic carbocycles. The van der Waals surface area contributed by atoms with Crippen LogP contribution in [0.4, 0.5) is 5.69 Å². The van der Waals surface area contributed by atoms with Crippen LogP contribution in [0.2, 0.25) is 0 Å². The van der Waals surface area contributed by atoms with Crippen molar-refractivity contribution in [1.82, 2.24) is 0 Å². The molecule has 1 aromatic heterocycles. The molecular formula is C14H12BrNS. The molecular weight excluding hydrogens is 294 g/mol. The van der Waals surface area contributed by atoms with Crippen molar-refractivity contribution in [2.75, 3.05) is 5.73 Å². The van der Waals surface area contributed by atoms with Crippen molar-refractivity contribution in [2.45, 2.75) is 12.8 Å². The molecule has 0 aliphatic heterocycles. The van der Waals surface area contributed by atoms with E-state index in [0.717, 1.165) is 18.5 Å². The minimum absolute atomic E-state index is 0.865. The van der Waals surface area contributed by atoms with Gasteiger partial charge in [0.05, 0.1) is 3.79 Å². The lowest BCUT2D eigenvalue weighted by atomic mass is 10.1. The summed E-state index contributed by atoms with van der Waals surface area (Å²) in [6, 6.07) is 10.5. The van der Waals surface area contributed by atoms with E-state index in [2.05, 4.69) is 46.3 Å². The summed E-state index contributed by atoms with van der Waals surface area (Å²) < 4.78 is 1.18. The molecule has 2 N–H and O–H groups in total. The van der Waals surface area contributed by atoms with E-state index in [1.54, 1.807) is 11.3 Å². The van der Waals surface area contributed by atoms with Crippen molar-refractivity contribution in [3.63, 3.8) is 0 Å². The predicted molar refractivity (Wildman–Crippen MR) is 79.1 cm³/mol. The summed E-state index contributed by atoms with van der Waals surface area (Å²) >= 11 is 5.26. The first-order valence-electron chi connectivity index (χ1n) is 5.57. The molecule has 0 spiro atoms. The first kappa shape index (κ1) is 11.1.